The van der Waals surface area contributed by atoms with Gasteiger partial charge in [0.1, 0.15) is 0 Å². The molecular weight excluding hydrogens is 388 g/mol. The van der Waals surface area contributed by atoms with Crippen LogP contribution in [0.5, 0.6) is 0 Å². The predicted molar refractivity (Wildman–Crippen MR) is 121 cm³/mol. The van der Waals surface area contributed by atoms with Gasteiger partial charge in [-0.05, 0) is 73.9 Å². The molecule has 2 aliphatic rings. The molecule has 0 saturated heterocycles. The molecule has 162 valence electrons. The van der Waals surface area contributed by atoms with Gasteiger partial charge in [-0.2, -0.15) is 0 Å². The van der Waals surface area contributed by atoms with Gasteiger partial charge in [-0.1, -0.05) is 19.3 Å². The number of aromatic nitrogens is 3. The molecule has 3 aromatic rings. The van der Waals surface area contributed by atoms with Crippen LogP contribution in [-0.2, 0) is 13.1 Å². The number of rotatable bonds is 6. The van der Waals surface area contributed by atoms with Gasteiger partial charge in [0.25, 0.3) is 5.91 Å². The van der Waals surface area contributed by atoms with E-state index in [0.29, 0.717) is 18.0 Å². The van der Waals surface area contributed by atoms with Gasteiger partial charge in [0, 0.05) is 37.1 Å². The Hall–Kier alpha value is -2.89. The third-order valence-electron chi connectivity index (χ3n) is 6.88. The molecular formula is C25H30N4O2. The maximum Gasteiger partial charge on any atom is 0.329 e. The molecule has 2 aliphatic carbocycles. The van der Waals surface area contributed by atoms with Crippen LogP contribution in [-0.4, -0.2) is 20.0 Å². The molecule has 6 nitrogen and oxygen atoms in total. The van der Waals surface area contributed by atoms with E-state index in [4.69, 9.17) is 0 Å². The van der Waals surface area contributed by atoms with Crippen molar-refractivity contribution in [2.24, 2.45) is 5.92 Å². The fourth-order valence-electron chi connectivity index (χ4n) is 4.83. The Morgan fingerprint density at radius 2 is 1.90 bits per heavy atom. The Morgan fingerprint density at radius 3 is 2.65 bits per heavy atom. The van der Waals surface area contributed by atoms with Crippen molar-refractivity contribution in [3.8, 4) is 0 Å². The summed E-state index contributed by atoms with van der Waals surface area (Å²) in [6.45, 7) is 3.21. The van der Waals surface area contributed by atoms with Crippen molar-refractivity contribution in [3.63, 3.8) is 0 Å². The van der Waals surface area contributed by atoms with Crippen molar-refractivity contribution in [1.29, 1.82) is 0 Å². The maximum absolute atomic E-state index is 13.4. The molecule has 0 unspecified atom stereocenters. The average Bonchev–Trinajstić information content (AvgIpc) is 3.57. The van der Waals surface area contributed by atoms with E-state index in [0.717, 1.165) is 41.5 Å². The molecule has 1 aromatic carbocycles. The second-order valence-electron chi connectivity index (χ2n) is 9.19. The number of carbonyl (C=O) groups excluding carboxylic acids is 1. The first-order chi connectivity index (χ1) is 15.1. The molecule has 31 heavy (non-hydrogen) atoms. The average molecular weight is 419 g/mol. The van der Waals surface area contributed by atoms with Gasteiger partial charge in [0.05, 0.1) is 11.0 Å². The Morgan fingerprint density at radius 1 is 1.10 bits per heavy atom. The number of amides is 1. The Balaban J connectivity index is 1.47. The lowest BCUT2D eigenvalue weighted by molar-refractivity contribution is 0.0951. The molecule has 1 amide bonds. The second-order valence-corrected chi connectivity index (χ2v) is 9.19. The predicted octanol–water partition coefficient (Wildman–Crippen LogP) is 4.35. The van der Waals surface area contributed by atoms with Gasteiger partial charge in [0.2, 0.25) is 0 Å². The van der Waals surface area contributed by atoms with Crippen LogP contribution < -0.4 is 11.0 Å². The fraction of sp³-hybridized carbons (Fsp3) is 0.480. The minimum Gasteiger partial charge on any atom is -0.348 e. The molecule has 6 heteroatoms. The number of hydrogen-bond donors (Lipinski definition) is 1. The minimum absolute atomic E-state index is 0.0961. The van der Waals surface area contributed by atoms with Gasteiger partial charge in [0.15, 0.2) is 0 Å². The second kappa shape index (κ2) is 8.33. The van der Waals surface area contributed by atoms with E-state index in [9.17, 15) is 9.59 Å². The summed E-state index contributed by atoms with van der Waals surface area (Å²) in [5.41, 5.74) is 4.68. The first kappa shape index (κ1) is 20.0. The SMILES string of the molecule is Cc1cnccc1CNC(=O)c1ccc2c(c1)n(CC1CC1)c(=O)n2C1CCCCC1. The summed E-state index contributed by atoms with van der Waals surface area (Å²) < 4.78 is 3.93. The highest BCUT2D eigenvalue weighted by Crippen LogP contribution is 2.33. The number of nitrogens with zero attached hydrogens (tertiary/aromatic N) is 3. The van der Waals surface area contributed by atoms with Crippen LogP contribution in [0.25, 0.3) is 11.0 Å². The standard InChI is InChI=1S/C25H30N4O2/c1-17-14-26-12-11-20(17)15-27-24(30)19-9-10-22-23(13-19)28(16-18-7-8-18)25(31)29(22)21-5-3-2-4-6-21/h9-14,18,21H,2-8,15-16H2,1H3,(H,27,30). The molecule has 0 bridgehead atoms. The zero-order valence-corrected chi connectivity index (χ0v) is 18.1. The van der Waals surface area contributed by atoms with E-state index >= 15 is 0 Å². The van der Waals surface area contributed by atoms with Crippen LogP contribution >= 0.6 is 0 Å². The van der Waals surface area contributed by atoms with E-state index in [-0.39, 0.29) is 17.6 Å². The summed E-state index contributed by atoms with van der Waals surface area (Å²) >= 11 is 0. The summed E-state index contributed by atoms with van der Waals surface area (Å²) in [6.07, 6.45) is 11.7. The van der Waals surface area contributed by atoms with Gasteiger partial charge < -0.3 is 5.32 Å². The number of hydrogen-bond acceptors (Lipinski definition) is 3. The number of fused-ring (bicyclic) bond motifs is 1. The Kier molecular flexibility index (Phi) is 5.38. The first-order valence-corrected chi connectivity index (χ1v) is 11.5. The molecule has 2 aromatic heterocycles. The zero-order chi connectivity index (χ0) is 21.4. The highest BCUT2D eigenvalue weighted by molar-refractivity contribution is 5.97. The van der Waals surface area contributed by atoms with Gasteiger partial charge in [-0.15, -0.1) is 0 Å². The summed E-state index contributed by atoms with van der Waals surface area (Å²) in [7, 11) is 0. The highest BCUT2D eigenvalue weighted by atomic mass is 16.2. The van der Waals surface area contributed by atoms with Crippen molar-refractivity contribution >= 4 is 16.9 Å². The molecule has 0 spiro atoms. The first-order valence-electron chi connectivity index (χ1n) is 11.5. The zero-order valence-electron chi connectivity index (χ0n) is 18.1. The number of benzene rings is 1. The molecule has 0 atom stereocenters. The van der Waals surface area contributed by atoms with E-state index in [2.05, 4.69) is 10.3 Å². The van der Waals surface area contributed by atoms with Gasteiger partial charge in [-0.25, -0.2) is 4.79 Å². The molecule has 0 radical (unpaired) electrons. The van der Waals surface area contributed by atoms with Crippen LogP contribution in [0.2, 0.25) is 0 Å². The normalized spacial score (nSPS) is 17.2. The molecule has 0 aliphatic heterocycles. The summed E-state index contributed by atoms with van der Waals surface area (Å²) in [4.78, 5) is 30.4. The molecule has 2 saturated carbocycles. The Bertz CT molecular complexity index is 1170. The summed E-state index contributed by atoms with van der Waals surface area (Å²) in [5.74, 6) is 0.476. The monoisotopic (exact) mass is 418 g/mol. The topological polar surface area (TPSA) is 68.9 Å². The molecule has 1 N–H and O–H groups in total. The molecule has 2 heterocycles. The quantitative estimate of drug-likeness (QED) is 0.647. The van der Waals surface area contributed by atoms with Crippen LogP contribution in [0, 0.1) is 12.8 Å². The lowest BCUT2D eigenvalue weighted by atomic mass is 9.95. The number of aryl methyl sites for hydroxylation is 1. The lowest BCUT2D eigenvalue weighted by Crippen LogP contribution is -2.29. The van der Waals surface area contributed by atoms with Crippen molar-refractivity contribution in [1.82, 2.24) is 19.4 Å². The van der Waals surface area contributed by atoms with Crippen LogP contribution in [0.4, 0.5) is 0 Å². The van der Waals surface area contributed by atoms with Crippen LogP contribution in [0.1, 0.15) is 72.5 Å². The number of imidazole rings is 1. The van der Waals surface area contributed by atoms with E-state index in [1.54, 1.807) is 12.4 Å². The van der Waals surface area contributed by atoms with Crippen molar-refractivity contribution < 1.29 is 4.79 Å². The summed E-state index contributed by atoms with van der Waals surface area (Å²) in [5, 5.41) is 3.02. The maximum atomic E-state index is 13.4. The van der Waals surface area contributed by atoms with Crippen molar-refractivity contribution in [3.05, 3.63) is 63.8 Å². The van der Waals surface area contributed by atoms with E-state index in [1.807, 2.05) is 40.3 Å². The highest BCUT2D eigenvalue weighted by Gasteiger charge is 2.27. The van der Waals surface area contributed by atoms with Gasteiger partial charge >= 0.3 is 5.69 Å². The van der Waals surface area contributed by atoms with Crippen molar-refractivity contribution in [2.75, 3.05) is 0 Å². The Labute approximate surface area is 182 Å². The van der Waals surface area contributed by atoms with Crippen LogP contribution in [0.15, 0.2) is 41.5 Å². The smallest absolute Gasteiger partial charge is 0.329 e. The number of pyridine rings is 1. The largest absolute Gasteiger partial charge is 0.348 e. The minimum atomic E-state index is -0.117. The van der Waals surface area contributed by atoms with Crippen molar-refractivity contribution in [2.45, 2.75) is 71.0 Å². The molecule has 5 rings (SSSR count). The van der Waals surface area contributed by atoms with Crippen LogP contribution in [0.3, 0.4) is 0 Å². The third-order valence-corrected chi connectivity index (χ3v) is 6.88. The van der Waals surface area contributed by atoms with E-state index < -0.39 is 0 Å². The number of nitrogens with one attached hydrogen (secondary N) is 1. The number of carbonyl (C=O) groups is 1. The van der Waals surface area contributed by atoms with E-state index in [1.165, 1.54) is 32.1 Å². The summed E-state index contributed by atoms with van der Waals surface area (Å²) in [6, 6.07) is 7.95. The molecule has 2 fully saturated rings. The van der Waals surface area contributed by atoms with Gasteiger partial charge in [-0.3, -0.25) is 18.9 Å². The lowest BCUT2D eigenvalue weighted by Gasteiger charge is -2.23. The third kappa shape index (κ3) is 4.03. The fourth-order valence-corrected chi connectivity index (χ4v) is 4.83.